The summed E-state index contributed by atoms with van der Waals surface area (Å²) in [6, 6.07) is 4.78. The molecule has 1 aromatic carbocycles. The Bertz CT molecular complexity index is 341. The van der Waals surface area contributed by atoms with Crippen molar-refractivity contribution in [2.24, 2.45) is 0 Å². The molecule has 0 aliphatic rings. The van der Waals surface area contributed by atoms with Crippen LogP contribution < -0.4 is 10.5 Å². The number of nitrogen functional groups attached to an aromatic ring is 1. The molecular formula is C9H10ClNO3. The first-order chi connectivity index (χ1) is 6.63. The van der Waals surface area contributed by atoms with E-state index in [-0.39, 0.29) is 6.61 Å². The van der Waals surface area contributed by atoms with Crippen LogP contribution in [-0.2, 0) is 9.53 Å². The fraction of sp³-hybridized carbons (Fsp3) is 0.222. The molecule has 0 saturated carbocycles. The van der Waals surface area contributed by atoms with Gasteiger partial charge in [0.1, 0.15) is 5.75 Å². The Balaban J connectivity index is 2.60. The van der Waals surface area contributed by atoms with Crippen LogP contribution in [0.25, 0.3) is 0 Å². The lowest BCUT2D eigenvalue weighted by Gasteiger charge is -2.05. The fourth-order valence-corrected chi connectivity index (χ4v) is 0.969. The van der Waals surface area contributed by atoms with E-state index in [4.69, 9.17) is 22.1 Å². The number of ether oxygens (including phenoxy) is 2. The van der Waals surface area contributed by atoms with Crippen molar-refractivity contribution in [1.29, 1.82) is 0 Å². The highest BCUT2D eigenvalue weighted by molar-refractivity contribution is 6.33. The van der Waals surface area contributed by atoms with Gasteiger partial charge in [-0.3, -0.25) is 0 Å². The van der Waals surface area contributed by atoms with E-state index in [0.717, 1.165) is 0 Å². The second-order valence-corrected chi connectivity index (χ2v) is 2.96. The number of hydrogen-bond donors (Lipinski definition) is 1. The number of carbonyl (C=O) groups is 1. The van der Waals surface area contributed by atoms with Gasteiger partial charge in [0.2, 0.25) is 0 Å². The highest BCUT2D eigenvalue weighted by Gasteiger charge is 2.03. The highest BCUT2D eigenvalue weighted by atomic mass is 35.5. The van der Waals surface area contributed by atoms with Crippen LogP contribution in [-0.4, -0.2) is 19.7 Å². The molecule has 76 valence electrons. The number of benzene rings is 1. The van der Waals surface area contributed by atoms with Crippen LogP contribution in [0.2, 0.25) is 5.02 Å². The minimum Gasteiger partial charge on any atom is -0.482 e. The van der Waals surface area contributed by atoms with E-state index < -0.39 is 5.97 Å². The third-order valence-corrected chi connectivity index (χ3v) is 1.88. The second kappa shape index (κ2) is 4.72. The first-order valence-electron chi connectivity index (χ1n) is 3.88. The molecule has 0 atom stereocenters. The van der Waals surface area contributed by atoms with Crippen molar-refractivity contribution in [1.82, 2.24) is 0 Å². The first-order valence-corrected chi connectivity index (χ1v) is 4.26. The van der Waals surface area contributed by atoms with Crippen LogP contribution in [0, 0.1) is 0 Å². The van der Waals surface area contributed by atoms with Crippen molar-refractivity contribution in [3.8, 4) is 5.75 Å². The molecule has 0 unspecified atom stereocenters. The van der Waals surface area contributed by atoms with E-state index >= 15 is 0 Å². The molecular weight excluding hydrogens is 206 g/mol. The van der Waals surface area contributed by atoms with E-state index in [1.54, 1.807) is 18.2 Å². The van der Waals surface area contributed by atoms with Crippen molar-refractivity contribution in [3.63, 3.8) is 0 Å². The quantitative estimate of drug-likeness (QED) is 0.613. The summed E-state index contributed by atoms with van der Waals surface area (Å²) < 4.78 is 9.48. The minimum atomic E-state index is -0.446. The maximum absolute atomic E-state index is 10.7. The average Bonchev–Trinajstić information content (AvgIpc) is 2.19. The molecule has 14 heavy (non-hydrogen) atoms. The van der Waals surface area contributed by atoms with E-state index in [1.807, 2.05) is 0 Å². The number of methoxy groups -OCH3 is 1. The summed E-state index contributed by atoms with van der Waals surface area (Å²) in [5.41, 5.74) is 5.96. The standard InChI is InChI=1S/C9H10ClNO3/c1-13-9(12)5-14-6-2-3-8(11)7(10)4-6/h2-4H,5,11H2,1H3. The first kappa shape index (κ1) is 10.7. The molecule has 1 rings (SSSR count). The van der Waals surface area contributed by atoms with Crippen molar-refractivity contribution < 1.29 is 14.3 Å². The normalized spacial score (nSPS) is 9.57. The topological polar surface area (TPSA) is 61.5 Å². The summed E-state index contributed by atoms with van der Waals surface area (Å²) in [6.07, 6.45) is 0. The molecule has 0 radical (unpaired) electrons. The zero-order chi connectivity index (χ0) is 10.6. The predicted octanol–water partition coefficient (Wildman–Crippen LogP) is 1.47. The van der Waals surface area contributed by atoms with Crippen molar-refractivity contribution in [3.05, 3.63) is 23.2 Å². The molecule has 0 bridgehead atoms. The van der Waals surface area contributed by atoms with Gasteiger partial charge in [0.05, 0.1) is 17.8 Å². The van der Waals surface area contributed by atoms with Gasteiger partial charge in [-0.2, -0.15) is 0 Å². The van der Waals surface area contributed by atoms with Gasteiger partial charge in [-0.25, -0.2) is 4.79 Å². The van der Waals surface area contributed by atoms with E-state index in [1.165, 1.54) is 7.11 Å². The average molecular weight is 216 g/mol. The summed E-state index contributed by atoms with van der Waals surface area (Å²) in [5.74, 6) is 0.0348. The van der Waals surface area contributed by atoms with Crippen LogP contribution in [0.3, 0.4) is 0 Å². The molecule has 0 spiro atoms. The van der Waals surface area contributed by atoms with Crippen LogP contribution in [0.1, 0.15) is 0 Å². The molecule has 0 heterocycles. The van der Waals surface area contributed by atoms with Gasteiger partial charge in [-0.1, -0.05) is 11.6 Å². The molecule has 0 aliphatic heterocycles. The Morgan fingerprint density at radius 2 is 2.29 bits per heavy atom. The number of esters is 1. The Hall–Kier alpha value is -1.42. The van der Waals surface area contributed by atoms with E-state index in [9.17, 15) is 4.79 Å². The molecule has 0 aromatic heterocycles. The number of halogens is 1. The Kier molecular flexibility index (Phi) is 3.59. The number of carbonyl (C=O) groups excluding carboxylic acids is 1. The second-order valence-electron chi connectivity index (χ2n) is 2.55. The Morgan fingerprint density at radius 1 is 1.57 bits per heavy atom. The Labute approximate surface area is 86.6 Å². The zero-order valence-electron chi connectivity index (χ0n) is 7.62. The third kappa shape index (κ3) is 2.81. The molecule has 0 fully saturated rings. The maximum Gasteiger partial charge on any atom is 0.343 e. The minimum absolute atomic E-state index is 0.142. The monoisotopic (exact) mass is 215 g/mol. The summed E-state index contributed by atoms with van der Waals surface area (Å²) in [4.78, 5) is 10.7. The maximum atomic E-state index is 10.7. The van der Waals surface area contributed by atoms with E-state index in [0.29, 0.717) is 16.5 Å². The van der Waals surface area contributed by atoms with Gasteiger partial charge in [-0.05, 0) is 12.1 Å². The van der Waals surface area contributed by atoms with Gasteiger partial charge in [0, 0.05) is 6.07 Å². The molecule has 5 heteroatoms. The third-order valence-electron chi connectivity index (χ3n) is 1.56. The number of anilines is 1. The van der Waals surface area contributed by atoms with Gasteiger partial charge in [0.15, 0.2) is 6.61 Å². The summed E-state index contributed by atoms with van der Waals surface area (Å²) >= 11 is 5.74. The van der Waals surface area contributed by atoms with E-state index in [2.05, 4.69) is 4.74 Å². The SMILES string of the molecule is COC(=O)COc1ccc(N)c(Cl)c1. The van der Waals surface area contributed by atoms with Gasteiger partial charge < -0.3 is 15.2 Å². The molecule has 4 nitrogen and oxygen atoms in total. The van der Waals surface area contributed by atoms with Crippen molar-refractivity contribution in [2.75, 3.05) is 19.5 Å². The van der Waals surface area contributed by atoms with Crippen LogP contribution in [0.5, 0.6) is 5.75 Å². The molecule has 0 amide bonds. The smallest absolute Gasteiger partial charge is 0.343 e. The number of nitrogens with two attached hydrogens (primary N) is 1. The zero-order valence-corrected chi connectivity index (χ0v) is 8.38. The van der Waals surface area contributed by atoms with Crippen LogP contribution >= 0.6 is 11.6 Å². The van der Waals surface area contributed by atoms with Gasteiger partial charge >= 0.3 is 5.97 Å². The molecule has 1 aromatic rings. The lowest BCUT2D eigenvalue weighted by Crippen LogP contribution is -2.12. The fourth-order valence-electron chi connectivity index (χ4n) is 0.799. The molecule has 2 N–H and O–H groups in total. The summed E-state index contributed by atoms with van der Waals surface area (Å²) in [5, 5.41) is 0.396. The Morgan fingerprint density at radius 3 is 2.86 bits per heavy atom. The van der Waals surface area contributed by atoms with Crippen molar-refractivity contribution in [2.45, 2.75) is 0 Å². The van der Waals surface area contributed by atoms with Crippen molar-refractivity contribution >= 4 is 23.3 Å². The van der Waals surface area contributed by atoms with Crippen LogP contribution in [0.4, 0.5) is 5.69 Å². The van der Waals surface area contributed by atoms with Gasteiger partial charge in [0.25, 0.3) is 0 Å². The predicted molar refractivity (Wildman–Crippen MR) is 53.4 cm³/mol. The molecule has 0 aliphatic carbocycles. The number of hydrogen-bond acceptors (Lipinski definition) is 4. The lowest BCUT2D eigenvalue weighted by molar-refractivity contribution is -0.142. The molecule has 0 saturated heterocycles. The summed E-state index contributed by atoms with van der Waals surface area (Å²) in [7, 11) is 1.29. The van der Waals surface area contributed by atoms with Gasteiger partial charge in [-0.15, -0.1) is 0 Å². The summed E-state index contributed by atoms with van der Waals surface area (Å²) in [6.45, 7) is -0.142. The van der Waals surface area contributed by atoms with Crippen LogP contribution in [0.15, 0.2) is 18.2 Å². The number of rotatable bonds is 3. The highest BCUT2D eigenvalue weighted by Crippen LogP contribution is 2.23. The largest absolute Gasteiger partial charge is 0.482 e. The lowest BCUT2D eigenvalue weighted by atomic mass is 10.3.